The van der Waals surface area contributed by atoms with Crippen LogP contribution in [-0.2, 0) is 11.2 Å². The highest BCUT2D eigenvalue weighted by atomic mass is 19.1. The van der Waals surface area contributed by atoms with Crippen LogP contribution in [0.4, 0.5) is 4.39 Å². The number of hydrogen-bond donors (Lipinski definition) is 1. The molecule has 0 aliphatic heterocycles. The molecule has 3 aromatic carbocycles. The molecule has 206 valence electrons. The number of esters is 1. The molecule has 0 heterocycles. The van der Waals surface area contributed by atoms with Crippen LogP contribution in [0.25, 0.3) is 22.3 Å². The molecule has 0 radical (unpaired) electrons. The van der Waals surface area contributed by atoms with Crippen molar-refractivity contribution in [3.05, 3.63) is 90.3 Å². The molecule has 1 aliphatic carbocycles. The third-order valence-electron chi connectivity index (χ3n) is 8.14. The second-order valence-corrected chi connectivity index (χ2v) is 11.0. The fourth-order valence-corrected chi connectivity index (χ4v) is 5.60. The van der Waals surface area contributed by atoms with Gasteiger partial charge in [0.25, 0.3) is 0 Å². The summed E-state index contributed by atoms with van der Waals surface area (Å²) >= 11 is 0. The highest BCUT2D eigenvalue weighted by Crippen LogP contribution is 2.35. The van der Waals surface area contributed by atoms with Crippen LogP contribution in [0.3, 0.4) is 0 Å². The van der Waals surface area contributed by atoms with Gasteiger partial charge < -0.3 is 9.84 Å². The Labute approximate surface area is 232 Å². The number of halogens is 1. The van der Waals surface area contributed by atoms with Crippen LogP contribution < -0.4 is 4.74 Å². The summed E-state index contributed by atoms with van der Waals surface area (Å²) in [7, 11) is 0. The molecule has 0 spiro atoms. The van der Waals surface area contributed by atoms with E-state index >= 15 is 4.39 Å². The van der Waals surface area contributed by atoms with E-state index in [1.807, 2.05) is 6.07 Å². The molecule has 0 aromatic heterocycles. The summed E-state index contributed by atoms with van der Waals surface area (Å²) in [6.07, 6.45) is 13.5. The minimum atomic E-state index is -0.688. The van der Waals surface area contributed by atoms with Crippen molar-refractivity contribution in [2.24, 2.45) is 11.8 Å². The first-order valence-electron chi connectivity index (χ1n) is 14.5. The summed E-state index contributed by atoms with van der Waals surface area (Å²) in [5, 5.41) is 8.99. The van der Waals surface area contributed by atoms with Crippen LogP contribution in [0.5, 0.6) is 5.75 Å². The normalized spacial score (nSPS) is 17.1. The number of hydrogen-bond acceptors (Lipinski definition) is 3. The lowest BCUT2D eigenvalue weighted by Crippen LogP contribution is -2.15. The van der Waals surface area contributed by atoms with Gasteiger partial charge >= 0.3 is 5.97 Å². The van der Waals surface area contributed by atoms with E-state index in [0.29, 0.717) is 16.9 Å². The van der Waals surface area contributed by atoms with Gasteiger partial charge in [-0.3, -0.25) is 0 Å². The Balaban J connectivity index is 1.30. The van der Waals surface area contributed by atoms with E-state index in [-0.39, 0.29) is 11.4 Å². The topological polar surface area (TPSA) is 46.5 Å². The maximum Gasteiger partial charge on any atom is 0.341 e. The zero-order valence-electron chi connectivity index (χ0n) is 23.1. The quantitative estimate of drug-likeness (QED) is 0.110. The van der Waals surface area contributed by atoms with Gasteiger partial charge in [-0.05, 0) is 65.1 Å². The first kappa shape index (κ1) is 28.8. The maximum atomic E-state index is 15.1. The fourth-order valence-electron chi connectivity index (χ4n) is 5.60. The van der Waals surface area contributed by atoms with Gasteiger partial charge in [0.1, 0.15) is 11.6 Å². The molecule has 1 N–H and O–H groups in total. The summed E-state index contributed by atoms with van der Waals surface area (Å²) in [6.45, 7) is 5.27. The predicted molar refractivity (Wildman–Crippen MR) is 157 cm³/mol. The van der Waals surface area contributed by atoms with Crippen LogP contribution in [0, 0.1) is 17.7 Å². The van der Waals surface area contributed by atoms with Gasteiger partial charge in [-0.2, -0.15) is 0 Å². The van der Waals surface area contributed by atoms with Crippen molar-refractivity contribution in [1.82, 2.24) is 0 Å². The van der Waals surface area contributed by atoms with E-state index < -0.39 is 12.6 Å². The molecule has 0 unspecified atom stereocenters. The van der Waals surface area contributed by atoms with Crippen molar-refractivity contribution in [3.63, 3.8) is 0 Å². The summed E-state index contributed by atoms with van der Waals surface area (Å²) in [4.78, 5) is 11.8. The lowest BCUT2D eigenvalue weighted by Gasteiger charge is -2.28. The molecule has 3 aromatic rings. The van der Waals surface area contributed by atoms with Crippen LogP contribution in [0.1, 0.15) is 70.3 Å². The third kappa shape index (κ3) is 8.12. The second-order valence-electron chi connectivity index (χ2n) is 11.0. The van der Waals surface area contributed by atoms with Crippen molar-refractivity contribution in [2.45, 2.75) is 71.1 Å². The first-order valence-corrected chi connectivity index (χ1v) is 14.5. The standard InChI is InChI=1S/C35H41FO3/c1-3-4-5-6-26-7-9-27(10-8-26)11-12-28-13-15-29(16-14-28)31-19-22-33(34(36)23-31)30-17-20-32(21-18-30)39-35(38)25(2)24-37/h13-23,26-27,37H,2-12,24H2,1H3. The summed E-state index contributed by atoms with van der Waals surface area (Å²) in [5.74, 6) is 1.13. The number of ether oxygens (including phenoxy) is 1. The maximum absolute atomic E-state index is 15.1. The number of aliphatic hydroxyl groups is 1. The van der Waals surface area contributed by atoms with Gasteiger partial charge in [-0.25, -0.2) is 9.18 Å². The van der Waals surface area contributed by atoms with E-state index in [1.165, 1.54) is 63.4 Å². The predicted octanol–water partition coefficient (Wildman–Crippen LogP) is 8.93. The molecule has 1 fully saturated rings. The van der Waals surface area contributed by atoms with Crippen molar-refractivity contribution < 1.29 is 19.0 Å². The summed E-state index contributed by atoms with van der Waals surface area (Å²) in [5.41, 5.74) is 4.34. The monoisotopic (exact) mass is 528 g/mol. The number of aryl methyl sites for hydroxylation is 1. The minimum Gasteiger partial charge on any atom is -0.423 e. The second kappa shape index (κ2) is 14.2. The molecule has 4 heteroatoms. The van der Waals surface area contributed by atoms with Crippen LogP contribution in [0.15, 0.2) is 78.9 Å². The average molecular weight is 529 g/mol. The zero-order valence-corrected chi connectivity index (χ0v) is 23.1. The van der Waals surface area contributed by atoms with Gasteiger partial charge in [0.15, 0.2) is 0 Å². The van der Waals surface area contributed by atoms with Crippen LogP contribution in [-0.4, -0.2) is 17.7 Å². The molecule has 0 atom stereocenters. The fraction of sp³-hybridized carbons (Fsp3) is 0.400. The number of aliphatic hydroxyl groups excluding tert-OH is 1. The van der Waals surface area contributed by atoms with E-state index in [9.17, 15) is 4.79 Å². The molecule has 0 bridgehead atoms. The van der Waals surface area contributed by atoms with Gasteiger partial charge in [0.05, 0.1) is 12.2 Å². The zero-order chi connectivity index (χ0) is 27.6. The molecule has 39 heavy (non-hydrogen) atoms. The minimum absolute atomic E-state index is 0.0239. The number of benzene rings is 3. The molecule has 1 aliphatic rings. The Bertz CT molecular complexity index is 1220. The van der Waals surface area contributed by atoms with Gasteiger partial charge in [-0.1, -0.05) is 113 Å². The van der Waals surface area contributed by atoms with Crippen molar-refractivity contribution in [1.29, 1.82) is 0 Å². The molecule has 0 saturated heterocycles. The van der Waals surface area contributed by atoms with E-state index in [4.69, 9.17) is 9.84 Å². The van der Waals surface area contributed by atoms with Gasteiger partial charge in [0, 0.05) is 5.56 Å². The number of rotatable bonds is 12. The number of unbranched alkanes of at least 4 members (excludes halogenated alkanes) is 2. The highest BCUT2D eigenvalue weighted by molar-refractivity contribution is 5.89. The Morgan fingerprint density at radius 3 is 2.10 bits per heavy atom. The van der Waals surface area contributed by atoms with Gasteiger partial charge in [0.2, 0.25) is 0 Å². The number of carbonyl (C=O) groups excluding carboxylic acids is 1. The average Bonchev–Trinajstić information content (AvgIpc) is 2.97. The van der Waals surface area contributed by atoms with E-state index in [0.717, 1.165) is 29.4 Å². The Hall–Kier alpha value is -3.24. The first-order chi connectivity index (χ1) is 19.0. The Morgan fingerprint density at radius 1 is 0.872 bits per heavy atom. The summed E-state index contributed by atoms with van der Waals surface area (Å²) < 4.78 is 20.2. The lowest BCUT2D eigenvalue weighted by atomic mass is 9.78. The third-order valence-corrected chi connectivity index (χ3v) is 8.14. The Kier molecular flexibility index (Phi) is 10.5. The van der Waals surface area contributed by atoms with Crippen molar-refractivity contribution in [2.75, 3.05) is 6.61 Å². The Morgan fingerprint density at radius 2 is 1.49 bits per heavy atom. The molecule has 4 rings (SSSR count). The van der Waals surface area contributed by atoms with Gasteiger partial charge in [-0.15, -0.1) is 0 Å². The largest absolute Gasteiger partial charge is 0.423 e. The van der Waals surface area contributed by atoms with E-state index in [1.54, 1.807) is 36.4 Å². The van der Waals surface area contributed by atoms with Crippen molar-refractivity contribution >= 4 is 5.97 Å². The van der Waals surface area contributed by atoms with Crippen LogP contribution >= 0.6 is 0 Å². The molecular formula is C35H41FO3. The van der Waals surface area contributed by atoms with Crippen molar-refractivity contribution in [3.8, 4) is 28.0 Å². The smallest absolute Gasteiger partial charge is 0.341 e. The molecule has 3 nitrogen and oxygen atoms in total. The highest BCUT2D eigenvalue weighted by Gasteiger charge is 2.20. The molecule has 0 amide bonds. The summed E-state index contributed by atoms with van der Waals surface area (Å²) in [6, 6.07) is 20.5. The SMILES string of the molecule is C=C(CO)C(=O)Oc1ccc(-c2ccc(-c3ccc(CCC4CCC(CCCCC)CC4)cc3)cc2F)cc1. The lowest BCUT2D eigenvalue weighted by molar-refractivity contribution is -0.130. The van der Waals surface area contributed by atoms with Crippen LogP contribution in [0.2, 0.25) is 0 Å². The number of carbonyl (C=O) groups is 1. The molecule has 1 saturated carbocycles. The molecular weight excluding hydrogens is 487 g/mol. The van der Waals surface area contributed by atoms with E-state index in [2.05, 4.69) is 37.8 Å².